The lowest BCUT2D eigenvalue weighted by Crippen LogP contribution is -2.69. The molecule has 12 fully saturated rings. The van der Waals surface area contributed by atoms with Crippen LogP contribution in [0.1, 0.15) is 179 Å². The van der Waals surface area contributed by atoms with Gasteiger partial charge in [-0.05, 0) is 123 Å². The van der Waals surface area contributed by atoms with Crippen LogP contribution in [0.5, 0.6) is 0 Å². The van der Waals surface area contributed by atoms with E-state index in [1.807, 2.05) is 20.8 Å². The fourth-order valence-corrected chi connectivity index (χ4v) is 24.0. The molecule has 0 spiro atoms. The third kappa shape index (κ3) is 21.5. The molecule has 13 rings (SSSR count). The summed E-state index contributed by atoms with van der Waals surface area (Å²) >= 11 is 0. The van der Waals surface area contributed by atoms with E-state index in [-0.39, 0.29) is 43.9 Å². The minimum atomic E-state index is -2.16. The van der Waals surface area contributed by atoms with E-state index in [9.17, 15) is 127 Å². The van der Waals surface area contributed by atoms with Crippen LogP contribution < -0.4 is 5.32 Å². The zero-order valence-electron chi connectivity index (χ0n) is 78.5. The number of esters is 2. The van der Waals surface area contributed by atoms with Crippen molar-refractivity contribution in [3.8, 4) is 0 Å². The summed E-state index contributed by atoms with van der Waals surface area (Å²) in [6.07, 6.45) is -60.3. The van der Waals surface area contributed by atoms with E-state index >= 15 is 4.79 Å². The normalized spacial score (nSPS) is 49.1. The van der Waals surface area contributed by atoms with Crippen LogP contribution in [-0.4, -0.2) is 428 Å². The monoisotopic (exact) mass is 1940 g/mol. The Morgan fingerprint density at radius 3 is 1.61 bits per heavy atom. The van der Waals surface area contributed by atoms with Gasteiger partial charge in [-0.3, -0.25) is 14.4 Å². The first-order chi connectivity index (χ1) is 63.5. The van der Waals surface area contributed by atoms with E-state index in [2.05, 4.69) is 46.0 Å². The highest BCUT2D eigenvalue weighted by atomic mass is 16.8. The Kier molecular flexibility index (Phi) is 35.2. The smallest absolute Gasteiger partial charge is 0.317 e. The van der Waals surface area contributed by atoms with Gasteiger partial charge in [-0.15, -0.1) is 0 Å². The predicted octanol–water partition coefficient (Wildman–Crippen LogP) is -5.57. The molecule has 0 bridgehead atoms. The van der Waals surface area contributed by atoms with Gasteiger partial charge in [0.05, 0.1) is 107 Å². The number of hydrogen-bond acceptors (Lipinski definition) is 43. The third-order valence-corrected chi connectivity index (χ3v) is 32.9. The van der Waals surface area contributed by atoms with Gasteiger partial charge >= 0.3 is 11.9 Å². The largest absolute Gasteiger partial charge is 0.462 e. The molecule has 0 aromatic heterocycles. The zero-order chi connectivity index (χ0) is 98.9. The number of ether oxygens (including phenoxy) is 17. The number of allylic oxidation sites excluding steroid dienone is 2. The van der Waals surface area contributed by atoms with Crippen molar-refractivity contribution in [2.75, 3.05) is 39.6 Å². The van der Waals surface area contributed by atoms with Crippen molar-refractivity contribution in [1.82, 2.24) is 5.32 Å². The van der Waals surface area contributed by atoms with Crippen LogP contribution in [0.2, 0.25) is 0 Å². The summed E-state index contributed by atoms with van der Waals surface area (Å²) < 4.78 is 103. The molecular formula is C91H149NO43. The Morgan fingerprint density at radius 2 is 0.993 bits per heavy atom. The molecule has 44 heteroatoms. The van der Waals surface area contributed by atoms with Crippen LogP contribution in [0, 0.1) is 62.1 Å². The Hall–Kier alpha value is -3.66. The van der Waals surface area contributed by atoms with Crippen LogP contribution in [0.3, 0.4) is 0 Å². The molecule has 22 unspecified atom stereocenters. The zero-order valence-corrected chi connectivity index (χ0v) is 78.5. The quantitative estimate of drug-likeness (QED) is 0.0126. The molecule has 44 nitrogen and oxygen atoms in total. The number of hydrogen-bond donors (Lipinski definition) is 23. The first-order valence-electron chi connectivity index (χ1n) is 47.9. The van der Waals surface area contributed by atoms with E-state index in [1.165, 1.54) is 13.8 Å². The molecule has 51 atom stereocenters. The molecule has 4 saturated carbocycles. The van der Waals surface area contributed by atoms with Gasteiger partial charge in [-0.1, -0.05) is 93.7 Å². The predicted molar refractivity (Wildman–Crippen MR) is 453 cm³/mol. The van der Waals surface area contributed by atoms with Crippen LogP contribution in [0.25, 0.3) is 0 Å². The average molecular weight is 1950 g/mol. The summed E-state index contributed by atoms with van der Waals surface area (Å²) in [4.78, 5) is 58.9. The summed E-state index contributed by atoms with van der Waals surface area (Å²) in [5.41, 5.74) is -4.93. The number of amides is 1. The van der Waals surface area contributed by atoms with Crippen molar-refractivity contribution in [2.45, 2.75) is 431 Å². The molecule has 0 aromatic carbocycles. The number of fused-ring (bicyclic) bond motifs is 7. The maximum Gasteiger partial charge on any atom is 0.317 e. The van der Waals surface area contributed by atoms with E-state index in [1.54, 1.807) is 13.8 Å². The van der Waals surface area contributed by atoms with Crippen molar-refractivity contribution in [3.63, 3.8) is 0 Å². The highest BCUT2D eigenvalue weighted by Crippen LogP contribution is 2.76. The fourth-order valence-electron chi connectivity index (χ4n) is 24.0. The van der Waals surface area contributed by atoms with E-state index in [0.717, 1.165) is 11.9 Å². The Morgan fingerprint density at radius 1 is 0.489 bits per heavy atom. The fraction of sp³-hybridized carbons (Fsp3) is 0.934. The van der Waals surface area contributed by atoms with Crippen molar-refractivity contribution >= 4 is 24.1 Å². The lowest BCUT2D eigenvalue weighted by atomic mass is 9.33. The molecule has 0 aromatic rings. The number of aldehydes is 1. The van der Waals surface area contributed by atoms with Crippen molar-refractivity contribution in [1.29, 1.82) is 0 Å². The molecule has 0 radical (unpaired) electrons. The highest BCUT2D eigenvalue weighted by Gasteiger charge is 2.73. The summed E-state index contributed by atoms with van der Waals surface area (Å²) in [5.74, 6) is -4.80. The summed E-state index contributed by atoms with van der Waals surface area (Å²) in [5, 5.41) is 248. The molecule has 8 aliphatic heterocycles. The summed E-state index contributed by atoms with van der Waals surface area (Å²) in [7, 11) is 0. The summed E-state index contributed by atoms with van der Waals surface area (Å²) in [6, 6.07) is -1.53. The maximum atomic E-state index is 16.4. The van der Waals surface area contributed by atoms with Crippen LogP contribution >= 0.6 is 0 Å². The average Bonchev–Trinajstić information content (AvgIpc) is 0.798. The minimum absolute atomic E-state index is 0.00149. The Labute approximate surface area is 782 Å². The molecule has 5 aliphatic carbocycles. The highest BCUT2D eigenvalue weighted by molar-refractivity contribution is 5.80. The second-order valence-corrected chi connectivity index (χ2v) is 42.1. The molecule has 776 valence electrons. The molecule has 1 amide bonds. The summed E-state index contributed by atoms with van der Waals surface area (Å²) in [6.45, 7) is 18.9. The molecule has 23 N–H and O–H groups in total. The number of aliphatic hydroxyl groups excluding tert-OH is 22. The Bertz CT molecular complexity index is 3940. The maximum absolute atomic E-state index is 16.4. The Balaban J connectivity index is 0.738. The van der Waals surface area contributed by atoms with Crippen LogP contribution in [-0.2, 0) is 99.7 Å². The van der Waals surface area contributed by atoms with Gasteiger partial charge < -0.3 is 203 Å². The van der Waals surface area contributed by atoms with E-state index in [4.69, 9.17) is 80.5 Å². The van der Waals surface area contributed by atoms with Crippen molar-refractivity contribution in [3.05, 3.63) is 11.6 Å². The topological polar surface area (TPSA) is 682 Å². The van der Waals surface area contributed by atoms with Crippen LogP contribution in [0.4, 0.5) is 0 Å². The lowest BCUT2D eigenvalue weighted by molar-refractivity contribution is -0.384. The van der Waals surface area contributed by atoms with Gasteiger partial charge in [0, 0.05) is 12.8 Å². The number of aliphatic hydroxyl groups is 22. The van der Waals surface area contributed by atoms with Crippen LogP contribution in [0.15, 0.2) is 11.6 Å². The van der Waals surface area contributed by atoms with E-state index < -0.39 is 372 Å². The first kappa shape index (κ1) is 109. The second kappa shape index (κ2) is 43.7. The van der Waals surface area contributed by atoms with Gasteiger partial charge in [-0.25, -0.2) is 0 Å². The standard InChI is InChI=1S/C91H149NO43/c1-13-36(3)48(125-57(104)26-41(97)24-49(37(4)14-2)126-81-68(114)62(108)51(30-94)127-81)23-40(96)25-56(103)92-58-38(5)123-84(75(63(58)109)133-80-70(116)65(111)72(39(6)124-80)130-79-71(117)73(46(100)33-121-79)131-77-66(112)59(105)44(98)31-119-77)135-85(118)91-22-21-86(7,8)27-43(91)42-15-16-53-87(9)19-18-55(88(10,35-95)52(87)17-20-89(53,11)90(42,12)28-54(91)102)129-83-76(134-82-69(115)64(110)61(107)50(29-93)128-82)74(47(101)34-122-83)132-78-67(113)60(106)45(99)32-120-78/h15,35-41,43-55,58-84,93-94,96-102,105-117H,13-14,16-34H2,1-12H3,(H,92,103)/t36-,37-,38+,39?,40-,41-,43?,44+,45+,46+,47+,48-,49-,50?,51?,52+,53?,54+,55-,58-,59?,60-,61-,62?,63?,64-,65?,66?,67?,68?,69?,70?,71?,72-,73?,74-,75?,76?,77-,78-,79-,80-,81+,82-,83-,84-,87?,88?,89?,90?,91+/m0/s1. The molecule has 13 aliphatic rings. The van der Waals surface area contributed by atoms with Crippen molar-refractivity contribution < 1.29 is 212 Å². The number of rotatable bonds is 33. The van der Waals surface area contributed by atoms with Gasteiger partial charge in [0.15, 0.2) is 50.1 Å². The third-order valence-electron chi connectivity index (χ3n) is 32.9. The number of carbonyl (C=O) groups excluding carboxylic acids is 4. The lowest BCUT2D eigenvalue weighted by Gasteiger charge is -2.71. The molecule has 8 heterocycles. The second-order valence-electron chi connectivity index (χ2n) is 42.1. The number of carbonyl (C=O) groups is 4. The number of nitrogens with one attached hydrogen (secondary N) is 1. The minimum Gasteiger partial charge on any atom is -0.462 e. The SMILES string of the molecule is CC[C@H](C)[C@H](C[C@H](O)CC(=O)N[C@@H]1C(O)C(O[C@@H]2OC(C)[C@H](O[C@@H]3OC[C@@H](O)C(O[C@@H]4OC[C@@H](O)C(O)C4O)C3O)C(O)C2O)[C@H](OC(=O)[C@]23CCC(C)(C)CC2C2=CCC4C5(C)CC[C@H](O[C@@H]6OC[C@@H](O)[C@H](O[C@@H]7OC[C@@H](O)[C@H](O)C7O)C6O[C@@H]6OC(CO)[C@H](O)[C@H](O)C6O)C(C)(C=O)[C@@H]5CCC4(C)C2(C)C[C@H]3O)O[C@@H]1C)OC(=O)C[C@@H](O)C[C@H](O[C@@H]1OC(CO)C(O)C1O)[C@@H](C)CC. The molecule has 135 heavy (non-hydrogen) atoms. The van der Waals surface area contributed by atoms with Gasteiger partial charge in [-0.2, -0.15) is 0 Å². The van der Waals surface area contributed by atoms with Gasteiger partial charge in [0.25, 0.3) is 0 Å². The van der Waals surface area contributed by atoms with E-state index in [0.29, 0.717) is 51.4 Å². The first-order valence-corrected chi connectivity index (χ1v) is 47.9. The molecule has 8 saturated heterocycles. The van der Waals surface area contributed by atoms with Gasteiger partial charge in [0.2, 0.25) is 12.2 Å². The van der Waals surface area contributed by atoms with Crippen molar-refractivity contribution in [2.24, 2.45) is 62.1 Å². The molecular weight excluding hydrogens is 1790 g/mol. The van der Waals surface area contributed by atoms with Gasteiger partial charge in [0.1, 0.15) is 158 Å².